The lowest BCUT2D eigenvalue weighted by Crippen LogP contribution is -2.48. The summed E-state index contributed by atoms with van der Waals surface area (Å²) in [6.45, 7) is 0.630. The molecule has 0 aromatic heterocycles. The molecule has 0 amide bonds. The van der Waals surface area contributed by atoms with Gasteiger partial charge in [0, 0.05) is 25.7 Å². The maximum absolute atomic E-state index is 11.5. The molecule has 1 fully saturated rings. The van der Waals surface area contributed by atoms with E-state index in [0.29, 0.717) is 6.61 Å². The molecule has 2 unspecified atom stereocenters. The van der Waals surface area contributed by atoms with Gasteiger partial charge in [0.15, 0.2) is 0 Å². The van der Waals surface area contributed by atoms with Crippen molar-refractivity contribution in [3.63, 3.8) is 0 Å². The second kappa shape index (κ2) is 5.76. The maximum atomic E-state index is 11.5. The van der Waals surface area contributed by atoms with Crippen molar-refractivity contribution >= 4 is 10.2 Å². The Balaban J connectivity index is 2.35. The highest BCUT2D eigenvalue weighted by Gasteiger charge is 2.27. The van der Waals surface area contributed by atoms with Crippen LogP contribution in [-0.2, 0) is 14.9 Å². The van der Waals surface area contributed by atoms with Gasteiger partial charge in [-0.15, -0.1) is 0 Å². The second-order valence-corrected chi connectivity index (χ2v) is 5.24. The van der Waals surface area contributed by atoms with E-state index >= 15 is 0 Å². The fraction of sp³-hybridized carbons (Fsp3) is 1.00. The summed E-state index contributed by atoms with van der Waals surface area (Å²) in [5, 5.41) is 0. The number of methoxy groups -OCH3 is 1. The second-order valence-electron chi connectivity index (χ2n) is 3.71. The molecule has 0 spiro atoms. The maximum Gasteiger partial charge on any atom is 0.277 e. The molecule has 90 valence electrons. The van der Waals surface area contributed by atoms with E-state index in [0.717, 1.165) is 19.3 Å². The highest BCUT2D eigenvalue weighted by Crippen LogP contribution is 2.17. The van der Waals surface area contributed by atoms with Gasteiger partial charge >= 0.3 is 0 Å². The lowest BCUT2D eigenvalue weighted by atomic mass is 10.2. The average molecular weight is 237 g/mol. The molecular weight excluding hydrogens is 218 g/mol. The van der Waals surface area contributed by atoms with Crippen molar-refractivity contribution in [3.05, 3.63) is 0 Å². The Morgan fingerprint density at radius 1 is 1.47 bits per heavy atom. The summed E-state index contributed by atoms with van der Waals surface area (Å²) in [6, 6.07) is -0.200. The summed E-state index contributed by atoms with van der Waals surface area (Å²) >= 11 is 0. The van der Waals surface area contributed by atoms with Crippen LogP contribution < -0.4 is 15.2 Å². The largest absolute Gasteiger partial charge is 0.383 e. The Hall–Kier alpha value is -0.210. The zero-order valence-electron chi connectivity index (χ0n) is 8.90. The molecule has 4 N–H and O–H groups in total. The fourth-order valence-electron chi connectivity index (χ4n) is 1.65. The standard InChI is InChI=1S/C8H19N3O3S/c1-14-6-5-10-15(12,13)11-8-4-2-3-7(8)9/h7-8,10-11H,2-6,9H2,1H3. The van der Waals surface area contributed by atoms with Gasteiger partial charge in [0.05, 0.1) is 6.61 Å². The number of nitrogens with two attached hydrogens (primary N) is 1. The van der Waals surface area contributed by atoms with Crippen LogP contribution in [0.5, 0.6) is 0 Å². The first-order valence-electron chi connectivity index (χ1n) is 5.06. The normalized spacial score (nSPS) is 27.1. The van der Waals surface area contributed by atoms with Crippen LogP contribution in [0.25, 0.3) is 0 Å². The zero-order valence-corrected chi connectivity index (χ0v) is 9.72. The van der Waals surface area contributed by atoms with Gasteiger partial charge in [-0.25, -0.2) is 0 Å². The highest BCUT2D eigenvalue weighted by molar-refractivity contribution is 7.87. The van der Waals surface area contributed by atoms with E-state index in [4.69, 9.17) is 10.5 Å². The van der Waals surface area contributed by atoms with E-state index < -0.39 is 10.2 Å². The molecule has 1 rings (SSSR count). The third-order valence-electron chi connectivity index (χ3n) is 2.47. The van der Waals surface area contributed by atoms with Gasteiger partial charge in [-0.2, -0.15) is 17.9 Å². The number of ether oxygens (including phenoxy) is 1. The van der Waals surface area contributed by atoms with Crippen LogP contribution in [0.4, 0.5) is 0 Å². The summed E-state index contributed by atoms with van der Waals surface area (Å²) in [6.07, 6.45) is 2.67. The minimum Gasteiger partial charge on any atom is -0.383 e. The zero-order chi connectivity index (χ0) is 11.3. The lowest BCUT2D eigenvalue weighted by Gasteiger charge is -2.17. The van der Waals surface area contributed by atoms with Crippen molar-refractivity contribution < 1.29 is 13.2 Å². The van der Waals surface area contributed by atoms with Gasteiger partial charge in [0.2, 0.25) is 0 Å². The number of hydrogen-bond donors (Lipinski definition) is 3. The van der Waals surface area contributed by atoms with Gasteiger partial charge in [-0.3, -0.25) is 0 Å². The smallest absolute Gasteiger partial charge is 0.277 e. The molecule has 1 saturated carbocycles. The Labute approximate surface area is 90.7 Å². The number of nitrogens with one attached hydrogen (secondary N) is 2. The average Bonchev–Trinajstić information content (AvgIpc) is 2.51. The van der Waals surface area contributed by atoms with Crippen molar-refractivity contribution in [2.45, 2.75) is 31.3 Å². The van der Waals surface area contributed by atoms with Crippen LogP contribution in [0, 0.1) is 0 Å². The van der Waals surface area contributed by atoms with Gasteiger partial charge in [0.25, 0.3) is 10.2 Å². The Morgan fingerprint density at radius 2 is 2.20 bits per heavy atom. The molecule has 2 atom stereocenters. The van der Waals surface area contributed by atoms with E-state index in [1.165, 1.54) is 7.11 Å². The minimum absolute atomic E-state index is 0.0657. The van der Waals surface area contributed by atoms with E-state index in [1.807, 2.05) is 0 Å². The Morgan fingerprint density at radius 3 is 2.73 bits per heavy atom. The molecule has 15 heavy (non-hydrogen) atoms. The molecule has 0 aromatic rings. The Bertz CT molecular complexity index is 281. The van der Waals surface area contributed by atoms with Gasteiger partial charge in [0.1, 0.15) is 0 Å². The van der Waals surface area contributed by atoms with Crippen molar-refractivity contribution in [2.75, 3.05) is 20.3 Å². The first-order chi connectivity index (χ1) is 7.05. The van der Waals surface area contributed by atoms with E-state index in [2.05, 4.69) is 9.44 Å². The summed E-state index contributed by atoms with van der Waals surface area (Å²) in [5.41, 5.74) is 5.76. The first-order valence-corrected chi connectivity index (χ1v) is 6.55. The molecule has 0 saturated heterocycles. The van der Waals surface area contributed by atoms with Crippen LogP contribution in [0.1, 0.15) is 19.3 Å². The molecule has 7 heteroatoms. The molecule has 0 heterocycles. The van der Waals surface area contributed by atoms with Crippen molar-refractivity contribution in [1.29, 1.82) is 0 Å². The topological polar surface area (TPSA) is 93.4 Å². The fourth-order valence-corrected chi connectivity index (χ4v) is 2.78. The quantitative estimate of drug-likeness (QED) is 0.513. The molecule has 0 bridgehead atoms. The van der Waals surface area contributed by atoms with E-state index in [-0.39, 0.29) is 18.6 Å². The Kier molecular flexibility index (Phi) is 4.94. The van der Waals surface area contributed by atoms with Gasteiger partial charge in [-0.05, 0) is 12.8 Å². The predicted molar refractivity (Wildman–Crippen MR) is 57.5 cm³/mol. The van der Waals surface area contributed by atoms with Crippen molar-refractivity contribution in [3.8, 4) is 0 Å². The van der Waals surface area contributed by atoms with Crippen LogP contribution in [0.2, 0.25) is 0 Å². The van der Waals surface area contributed by atoms with E-state index in [9.17, 15) is 8.42 Å². The van der Waals surface area contributed by atoms with E-state index in [1.54, 1.807) is 0 Å². The lowest BCUT2D eigenvalue weighted by molar-refractivity contribution is 0.204. The van der Waals surface area contributed by atoms with Crippen LogP contribution in [-0.4, -0.2) is 40.8 Å². The monoisotopic (exact) mass is 237 g/mol. The van der Waals surface area contributed by atoms with Gasteiger partial charge in [-0.1, -0.05) is 6.42 Å². The summed E-state index contributed by atoms with van der Waals surface area (Å²) < 4.78 is 32.6. The van der Waals surface area contributed by atoms with Gasteiger partial charge < -0.3 is 10.5 Å². The predicted octanol–water partition coefficient (Wildman–Crippen LogP) is -1.06. The number of hydrogen-bond acceptors (Lipinski definition) is 4. The summed E-state index contributed by atoms with van der Waals surface area (Å²) in [4.78, 5) is 0. The third-order valence-corrected chi connectivity index (χ3v) is 3.67. The molecule has 1 aliphatic carbocycles. The molecule has 6 nitrogen and oxygen atoms in total. The minimum atomic E-state index is -3.43. The van der Waals surface area contributed by atoms with Crippen LogP contribution in [0.15, 0.2) is 0 Å². The summed E-state index contributed by atoms with van der Waals surface area (Å²) in [5.74, 6) is 0. The van der Waals surface area contributed by atoms with Crippen molar-refractivity contribution in [1.82, 2.24) is 9.44 Å². The number of rotatable bonds is 6. The molecule has 0 aromatic carbocycles. The molecular formula is C8H19N3O3S. The molecule has 1 aliphatic rings. The first kappa shape index (κ1) is 12.9. The molecule has 0 aliphatic heterocycles. The van der Waals surface area contributed by atoms with Crippen LogP contribution >= 0.6 is 0 Å². The molecule has 0 radical (unpaired) electrons. The third kappa shape index (κ3) is 4.43. The van der Waals surface area contributed by atoms with Crippen LogP contribution in [0.3, 0.4) is 0 Å². The SMILES string of the molecule is COCCNS(=O)(=O)NC1CCCC1N. The summed E-state index contributed by atoms with van der Waals surface area (Å²) in [7, 11) is -1.91. The van der Waals surface area contributed by atoms with Crippen molar-refractivity contribution in [2.24, 2.45) is 5.73 Å². The highest BCUT2D eigenvalue weighted by atomic mass is 32.2.